The van der Waals surface area contributed by atoms with Crippen LogP contribution in [0.2, 0.25) is 0 Å². The van der Waals surface area contributed by atoms with Crippen LogP contribution in [0, 0.1) is 0 Å². The number of carbonyl (C=O) groups excluding carboxylic acids is 1. The molecule has 1 aromatic rings. The summed E-state index contributed by atoms with van der Waals surface area (Å²) < 4.78 is 32.4. The van der Waals surface area contributed by atoms with Crippen molar-refractivity contribution in [2.75, 3.05) is 19.7 Å². The van der Waals surface area contributed by atoms with Crippen molar-refractivity contribution in [1.82, 2.24) is 9.79 Å². The predicted octanol–water partition coefficient (Wildman–Crippen LogP) is 3.52. The quantitative estimate of drug-likeness (QED) is 0.711. The van der Waals surface area contributed by atoms with E-state index in [-0.39, 0.29) is 23.4 Å². The summed E-state index contributed by atoms with van der Waals surface area (Å²) in [7, 11) is -3.67. The lowest BCUT2D eigenvalue weighted by Gasteiger charge is -2.22. The molecule has 168 valence electrons. The van der Waals surface area contributed by atoms with E-state index in [1.807, 2.05) is 26.0 Å². The number of nitrogens with zero attached hydrogens (tertiary/aromatic N) is 1. The maximum Gasteiger partial charge on any atom is 0.271 e. The first-order valence-corrected chi connectivity index (χ1v) is 12.0. The summed E-state index contributed by atoms with van der Waals surface area (Å²) in [4.78, 5) is 17.8. The number of amides is 1. The zero-order valence-corrected chi connectivity index (χ0v) is 19.4. The Balaban J connectivity index is 0.00000155. The fourth-order valence-corrected chi connectivity index (χ4v) is 4.50. The van der Waals surface area contributed by atoms with Crippen LogP contribution < -0.4 is 5.48 Å². The molecule has 0 spiro atoms. The van der Waals surface area contributed by atoms with E-state index in [2.05, 4.69) is 26.3 Å². The van der Waals surface area contributed by atoms with Gasteiger partial charge in [0, 0.05) is 31.7 Å². The molecule has 2 aliphatic heterocycles. The number of hydrogen-bond donors (Lipinski definition) is 1. The van der Waals surface area contributed by atoms with Gasteiger partial charge in [0.2, 0.25) is 10.0 Å². The van der Waals surface area contributed by atoms with Crippen molar-refractivity contribution in [3.8, 4) is 0 Å². The molecule has 1 unspecified atom stereocenters. The van der Waals surface area contributed by atoms with E-state index >= 15 is 0 Å². The number of nitrogens with one attached hydrogen (secondary N) is 1. The lowest BCUT2D eigenvalue weighted by molar-refractivity contribution is -0.198. The zero-order chi connectivity index (χ0) is 22.4. The Morgan fingerprint density at radius 2 is 1.83 bits per heavy atom. The smallest absolute Gasteiger partial charge is 0.271 e. The zero-order valence-electron chi connectivity index (χ0n) is 18.6. The first-order chi connectivity index (χ1) is 14.2. The average Bonchev–Trinajstić information content (AvgIpc) is 3.25. The summed E-state index contributed by atoms with van der Waals surface area (Å²) in [5.74, 6) is -0.435. The van der Waals surface area contributed by atoms with Crippen molar-refractivity contribution >= 4 is 15.9 Å². The van der Waals surface area contributed by atoms with Gasteiger partial charge in [-0.25, -0.2) is 18.7 Å². The Kier molecular flexibility index (Phi) is 8.61. The minimum Gasteiger partial charge on any atom is -0.350 e. The van der Waals surface area contributed by atoms with Crippen LogP contribution in [0.25, 0.3) is 0 Å². The highest BCUT2D eigenvalue weighted by Gasteiger charge is 2.31. The molecule has 0 bridgehead atoms. The number of carbonyl (C=O) groups is 1. The third kappa shape index (κ3) is 6.14. The number of sulfonamides is 1. The van der Waals surface area contributed by atoms with Crippen LogP contribution in [0.15, 0.2) is 40.8 Å². The minimum atomic E-state index is -3.67. The average molecular weight is 439 g/mol. The maximum atomic E-state index is 12.9. The van der Waals surface area contributed by atoms with E-state index in [4.69, 9.17) is 9.57 Å². The van der Waals surface area contributed by atoms with Gasteiger partial charge in [-0.05, 0) is 36.0 Å². The van der Waals surface area contributed by atoms with Crippen LogP contribution in [0.5, 0.6) is 0 Å². The summed E-state index contributed by atoms with van der Waals surface area (Å²) in [6, 6.07) is 6.92. The van der Waals surface area contributed by atoms with Crippen molar-refractivity contribution in [1.29, 1.82) is 0 Å². The van der Waals surface area contributed by atoms with E-state index in [1.54, 1.807) is 18.2 Å². The summed E-state index contributed by atoms with van der Waals surface area (Å²) in [6.07, 6.45) is 3.87. The number of benzene rings is 1. The molecule has 1 saturated heterocycles. The van der Waals surface area contributed by atoms with Crippen LogP contribution in [0.4, 0.5) is 0 Å². The summed E-state index contributed by atoms with van der Waals surface area (Å²) in [5, 5.41) is 0. The molecule has 1 fully saturated rings. The number of rotatable bonds is 5. The molecule has 7 nitrogen and oxygen atoms in total. The molecule has 3 rings (SSSR count). The van der Waals surface area contributed by atoms with Gasteiger partial charge in [0.05, 0.1) is 4.90 Å². The van der Waals surface area contributed by atoms with Crippen LogP contribution in [-0.2, 0) is 29.8 Å². The molecule has 8 heteroatoms. The molecular formula is C22H34N2O5S. The monoisotopic (exact) mass is 438 g/mol. The van der Waals surface area contributed by atoms with E-state index in [1.165, 1.54) is 4.31 Å². The Morgan fingerprint density at radius 1 is 1.17 bits per heavy atom. The summed E-state index contributed by atoms with van der Waals surface area (Å²) in [6.45, 7) is 11.0. The van der Waals surface area contributed by atoms with Gasteiger partial charge in [0.15, 0.2) is 6.29 Å². The van der Waals surface area contributed by atoms with Gasteiger partial charge in [-0.3, -0.25) is 4.79 Å². The lowest BCUT2D eigenvalue weighted by atomic mass is 9.87. The van der Waals surface area contributed by atoms with Crippen molar-refractivity contribution < 1.29 is 22.8 Å². The SMILES string of the molecule is CC.CC(C)(C)c1ccc(S(=O)(=O)N2CC=C(C(=O)NOC3CCCCO3)C2)cc1. The number of hydrogen-bond acceptors (Lipinski definition) is 5. The first kappa shape index (κ1) is 24.5. The minimum absolute atomic E-state index is 0.0179. The highest BCUT2D eigenvalue weighted by atomic mass is 32.2. The Morgan fingerprint density at radius 3 is 2.40 bits per heavy atom. The Bertz CT molecular complexity index is 835. The molecule has 0 saturated carbocycles. The third-order valence-corrected chi connectivity index (χ3v) is 6.78. The highest BCUT2D eigenvalue weighted by Crippen LogP contribution is 2.26. The summed E-state index contributed by atoms with van der Waals surface area (Å²) in [5.41, 5.74) is 3.76. The van der Waals surface area contributed by atoms with Gasteiger partial charge in [-0.1, -0.05) is 52.8 Å². The van der Waals surface area contributed by atoms with Crippen LogP contribution >= 0.6 is 0 Å². The molecule has 2 aliphatic rings. The van der Waals surface area contributed by atoms with Crippen molar-refractivity contribution in [3.63, 3.8) is 0 Å². The molecule has 1 aromatic carbocycles. The van der Waals surface area contributed by atoms with Crippen molar-refractivity contribution in [3.05, 3.63) is 41.5 Å². The van der Waals surface area contributed by atoms with Gasteiger partial charge in [0.25, 0.3) is 5.91 Å². The van der Waals surface area contributed by atoms with E-state index in [9.17, 15) is 13.2 Å². The molecule has 1 atom stereocenters. The number of ether oxygens (including phenoxy) is 1. The second-order valence-electron chi connectivity index (χ2n) is 8.15. The van der Waals surface area contributed by atoms with Gasteiger partial charge in [-0.15, -0.1) is 0 Å². The van der Waals surface area contributed by atoms with E-state index in [0.29, 0.717) is 12.2 Å². The molecule has 0 aliphatic carbocycles. The molecule has 1 amide bonds. The molecule has 0 aromatic heterocycles. The fourth-order valence-electron chi connectivity index (χ4n) is 3.14. The lowest BCUT2D eigenvalue weighted by Crippen LogP contribution is -2.36. The Labute approximate surface area is 180 Å². The third-order valence-electron chi connectivity index (χ3n) is 4.96. The van der Waals surface area contributed by atoms with Crippen LogP contribution in [0.1, 0.15) is 59.4 Å². The Hall–Kier alpha value is -1.74. The van der Waals surface area contributed by atoms with Crippen molar-refractivity contribution in [2.24, 2.45) is 0 Å². The fraction of sp³-hybridized carbons (Fsp3) is 0.591. The normalized spacial score (nSPS) is 20.2. The highest BCUT2D eigenvalue weighted by molar-refractivity contribution is 7.89. The second kappa shape index (κ2) is 10.5. The molecule has 2 heterocycles. The second-order valence-corrected chi connectivity index (χ2v) is 10.1. The molecule has 0 radical (unpaired) electrons. The maximum absolute atomic E-state index is 12.9. The molecular weight excluding hydrogens is 404 g/mol. The molecule has 30 heavy (non-hydrogen) atoms. The van der Waals surface area contributed by atoms with E-state index < -0.39 is 22.2 Å². The first-order valence-electron chi connectivity index (χ1n) is 10.6. The summed E-state index contributed by atoms with van der Waals surface area (Å²) >= 11 is 0. The van der Waals surface area contributed by atoms with Crippen LogP contribution in [0.3, 0.4) is 0 Å². The van der Waals surface area contributed by atoms with Crippen molar-refractivity contribution in [2.45, 2.75) is 70.5 Å². The molecule has 1 N–H and O–H groups in total. The topological polar surface area (TPSA) is 84.9 Å². The van der Waals surface area contributed by atoms with Gasteiger partial charge >= 0.3 is 0 Å². The number of hydroxylamine groups is 1. The van der Waals surface area contributed by atoms with Crippen LogP contribution in [-0.4, -0.2) is 44.6 Å². The van der Waals surface area contributed by atoms with Gasteiger partial charge < -0.3 is 4.74 Å². The standard InChI is InChI=1S/C20H28N2O5S.C2H6/c1-20(2,3)16-7-9-17(10-8-16)28(24,25)22-12-11-15(14-22)19(23)21-27-18-6-4-5-13-26-18;1-2/h7-11,18H,4-6,12-14H2,1-3H3,(H,21,23);1-2H3. The van der Waals surface area contributed by atoms with Gasteiger partial charge in [0.1, 0.15) is 0 Å². The van der Waals surface area contributed by atoms with Gasteiger partial charge in [-0.2, -0.15) is 4.31 Å². The predicted molar refractivity (Wildman–Crippen MR) is 116 cm³/mol. The van der Waals surface area contributed by atoms with E-state index in [0.717, 1.165) is 24.8 Å². The largest absolute Gasteiger partial charge is 0.350 e.